The predicted molar refractivity (Wildman–Crippen MR) is 68.4 cm³/mol. The van der Waals surface area contributed by atoms with Gasteiger partial charge in [0.2, 0.25) is 5.82 Å². The van der Waals surface area contributed by atoms with Crippen molar-refractivity contribution in [2.75, 3.05) is 12.3 Å². The standard InChI is InChI=1S/C13H13FN4O/c1-2-5-19-12-7-11(10(16)6-9(12)14)18-4-3-17-13(18)8-15/h3-4,6-7H,2,5,16H2,1H3. The van der Waals surface area contributed by atoms with Crippen LogP contribution in [0.25, 0.3) is 5.69 Å². The molecule has 0 spiro atoms. The van der Waals surface area contributed by atoms with Crippen LogP contribution in [0.5, 0.6) is 5.75 Å². The van der Waals surface area contributed by atoms with Crippen molar-refractivity contribution in [3.63, 3.8) is 0 Å². The number of benzene rings is 1. The number of nitrogens with zero attached hydrogens (tertiary/aromatic N) is 3. The highest BCUT2D eigenvalue weighted by Crippen LogP contribution is 2.27. The number of imidazole rings is 1. The third-order valence-corrected chi connectivity index (χ3v) is 2.54. The first-order chi connectivity index (χ1) is 9.17. The number of halogens is 1. The zero-order valence-electron chi connectivity index (χ0n) is 10.4. The minimum absolute atomic E-state index is 0.114. The van der Waals surface area contributed by atoms with E-state index < -0.39 is 5.82 Å². The Kier molecular flexibility index (Phi) is 3.66. The maximum Gasteiger partial charge on any atom is 0.217 e. The lowest BCUT2D eigenvalue weighted by molar-refractivity contribution is 0.301. The van der Waals surface area contributed by atoms with Gasteiger partial charge in [0.15, 0.2) is 11.6 Å². The first-order valence-electron chi connectivity index (χ1n) is 5.83. The normalized spacial score (nSPS) is 10.2. The monoisotopic (exact) mass is 260 g/mol. The van der Waals surface area contributed by atoms with Crippen LogP contribution in [-0.2, 0) is 0 Å². The van der Waals surface area contributed by atoms with Gasteiger partial charge in [-0.3, -0.25) is 4.57 Å². The van der Waals surface area contributed by atoms with E-state index in [4.69, 9.17) is 15.7 Å². The SMILES string of the molecule is CCCOc1cc(-n2ccnc2C#N)c(N)cc1F. The molecule has 19 heavy (non-hydrogen) atoms. The molecule has 2 N–H and O–H groups in total. The second-order valence-electron chi connectivity index (χ2n) is 3.92. The number of nitrogen functional groups attached to an aromatic ring is 1. The molecule has 98 valence electrons. The van der Waals surface area contributed by atoms with E-state index in [-0.39, 0.29) is 17.3 Å². The van der Waals surface area contributed by atoms with Crippen LogP contribution < -0.4 is 10.5 Å². The summed E-state index contributed by atoms with van der Waals surface area (Å²) in [6.45, 7) is 2.34. The number of anilines is 1. The number of hydrogen-bond acceptors (Lipinski definition) is 4. The van der Waals surface area contributed by atoms with Crippen LogP contribution in [0.4, 0.5) is 10.1 Å². The average molecular weight is 260 g/mol. The summed E-state index contributed by atoms with van der Waals surface area (Å²) >= 11 is 0. The van der Waals surface area contributed by atoms with E-state index >= 15 is 0 Å². The highest BCUT2D eigenvalue weighted by Gasteiger charge is 2.13. The molecule has 6 heteroatoms. The van der Waals surface area contributed by atoms with Crippen molar-refractivity contribution >= 4 is 5.69 Å². The summed E-state index contributed by atoms with van der Waals surface area (Å²) in [6.07, 6.45) is 3.84. The minimum Gasteiger partial charge on any atom is -0.490 e. The van der Waals surface area contributed by atoms with Gasteiger partial charge in [0, 0.05) is 24.5 Å². The van der Waals surface area contributed by atoms with Crippen molar-refractivity contribution in [1.29, 1.82) is 5.26 Å². The predicted octanol–water partition coefficient (Wildman–Crippen LogP) is 2.25. The number of nitriles is 1. The Morgan fingerprint density at radius 1 is 1.53 bits per heavy atom. The molecule has 0 aliphatic rings. The minimum atomic E-state index is -0.520. The topological polar surface area (TPSA) is 76.9 Å². The van der Waals surface area contributed by atoms with Gasteiger partial charge >= 0.3 is 0 Å². The third kappa shape index (κ3) is 2.50. The van der Waals surface area contributed by atoms with Crippen LogP contribution in [0.2, 0.25) is 0 Å². The fourth-order valence-corrected chi connectivity index (χ4v) is 1.67. The van der Waals surface area contributed by atoms with Crippen molar-refractivity contribution in [1.82, 2.24) is 9.55 Å². The van der Waals surface area contributed by atoms with E-state index in [2.05, 4.69) is 4.98 Å². The number of rotatable bonds is 4. The fourth-order valence-electron chi connectivity index (χ4n) is 1.67. The van der Waals surface area contributed by atoms with Gasteiger partial charge < -0.3 is 10.5 Å². The van der Waals surface area contributed by atoms with E-state index in [1.165, 1.54) is 22.9 Å². The zero-order valence-corrected chi connectivity index (χ0v) is 10.4. The van der Waals surface area contributed by atoms with Crippen LogP contribution in [0.1, 0.15) is 19.2 Å². The lowest BCUT2D eigenvalue weighted by Crippen LogP contribution is -2.05. The Morgan fingerprint density at radius 2 is 2.32 bits per heavy atom. The van der Waals surface area contributed by atoms with E-state index in [1.54, 1.807) is 6.20 Å². The second-order valence-corrected chi connectivity index (χ2v) is 3.92. The largest absolute Gasteiger partial charge is 0.490 e. The molecule has 0 unspecified atom stereocenters. The summed E-state index contributed by atoms with van der Waals surface area (Å²) in [5.41, 5.74) is 6.47. The van der Waals surface area contributed by atoms with Gasteiger partial charge in [0.25, 0.3) is 0 Å². The van der Waals surface area contributed by atoms with Crippen LogP contribution in [0.15, 0.2) is 24.5 Å². The van der Waals surface area contributed by atoms with Crippen LogP contribution >= 0.6 is 0 Å². The van der Waals surface area contributed by atoms with Crippen molar-refractivity contribution < 1.29 is 9.13 Å². The number of aromatic nitrogens is 2. The molecule has 0 atom stereocenters. The molecule has 1 aromatic carbocycles. The van der Waals surface area contributed by atoms with Gasteiger partial charge in [0.05, 0.1) is 18.0 Å². The van der Waals surface area contributed by atoms with Gasteiger partial charge in [0.1, 0.15) is 6.07 Å². The van der Waals surface area contributed by atoms with Crippen LogP contribution in [-0.4, -0.2) is 16.2 Å². The Bertz CT molecular complexity index is 630. The lowest BCUT2D eigenvalue weighted by Gasteiger charge is -2.12. The van der Waals surface area contributed by atoms with Crippen LogP contribution in [0.3, 0.4) is 0 Å². The van der Waals surface area contributed by atoms with E-state index in [1.807, 2.05) is 13.0 Å². The quantitative estimate of drug-likeness (QED) is 0.855. The molecular weight excluding hydrogens is 247 g/mol. The molecule has 0 aliphatic heterocycles. The summed E-state index contributed by atoms with van der Waals surface area (Å²) in [6, 6.07) is 4.60. The number of hydrogen-bond donors (Lipinski definition) is 1. The molecule has 0 amide bonds. The van der Waals surface area contributed by atoms with Gasteiger partial charge in [-0.05, 0) is 6.42 Å². The second kappa shape index (κ2) is 5.40. The smallest absolute Gasteiger partial charge is 0.217 e. The summed E-state index contributed by atoms with van der Waals surface area (Å²) < 4.78 is 20.5. The zero-order chi connectivity index (χ0) is 13.8. The van der Waals surface area contributed by atoms with Crippen molar-refractivity contribution in [2.45, 2.75) is 13.3 Å². The van der Waals surface area contributed by atoms with Crippen molar-refractivity contribution in [3.8, 4) is 17.5 Å². The summed E-state index contributed by atoms with van der Waals surface area (Å²) in [7, 11) is 0. The maximum atomic E-state index is 13.7. The average Bonchev–Trinajstić information content (AvgIpc) is 2.86. The van der Waals surface area contributed by atoms with Gasteiger partial charge in [-0.1, -0.05) is 6.92 Å². The molecular formula is C13H13FN4O. The van der Waals surface area contributed by atoms with E-state index in [0.29, 0.717) is 12.3 Å². The number of ether oxygens (including phenoxy) is 1. The summed E-state index contributed by atoms with van der Waals surface area (Å²) in [4.78, 5) is 3.88. The molecule has 0 fully saturated rings. The molecule has 0 radical (unpaired) electrons. The van der Waals surface area contributed by atoms with E-state index in [9.17, 15) is 4.39 Å². The first kappa shape index (κ1) is 12.9. The summed E-state index contributed by atoms with van der Waals surface area (Å²) in [5.74, 6) is -0.225. The molecule has 0 saturated heterocycles. The first-order valence-corrected chi connectivity index (χ1v) is 5.83. The Balaban J connectivity index is 2.49. The molecule has 5 nitrogen and oxygen atoms in total. The molecule has 0 saturated carbocycles. The number of nitrogens with two attached hydrogens (primary N) is 1. The Morgan fingerprint density at radius 3 is 3.00 bits per heavy atom. The maximum absolute atomic E-state index is 13.7. The van der Waals surface area contributed by atoms with Crippen molar-refractivity contribution in [3.05, 3.63) is 36.2 Å². The van der Waals surface area contributed by atoms with Crippen LogP contribution in [0, 0.1) is 17.1 Å². The summed E-state index contributed by atoms with van der Waals surface area (Å²) in [5, 5.41) is 8.95. The molecule has 1 aromatic heterocycles. The molecule has 2 aromatic rings. The fraction of sp³-hybridized carbons (Fsp3) is 0.231. The Labute approximate surface area is 110 Å². The molecule has 2 rings (SSSR count). The van der Waals surface area contributed by atoms with Crippen molar-refractivity contribution in [2.24, 2.45) is 0 Å². The molecule has 0 bridgehead atoms. The van der Waals surface area contributed by atoms with Gasteiger partial charge in [-0.2, -0.15) is 5.26 Å². The molecule has 1 heterocycles. The van der Waals surface area contributed by atoms with E-state index in [0.717, 1.165) is 6.42 Å². The van der Waals surface area contributed by atoms with Gasteiger partial charge in [-0.15, -0.1) is 0 Å². The third-order valence-electron chi connectivity index (χ3n) is 2.54. The highest BCUT2D eigenvalue weighted by atomic mass is 19.1. The Hall–Kier alpha value is -2.55. The van der Waals surface area contributed by atoms with Gasteiger partial charge in [-0.25, -0.2) is 9.37 Å². The lowest BCUT2D eigenvalue weighted by atomic mass is 10.2. The highest BCUT2D eigenvalue weighted by molar-refractivity contribution is 5.62. The molecule has 0 aliphatic carbocycles.